The molecule has 4 aromatic rings. The number of benzene rings is 2. The average molecular weight is 476 g/mol. The molecule has 1 fully saturated rings. The van der Waals surface area contributed by atoms with Crippen molar-refractivity contribution in [1.29, 1.82) is 0 Å². The Morgan fingerprint density at radius 3 is 2.70 bits per heavy atom. The molecule has 0 aliphatic carbocycles. The standard InChI is InChI=1S/C26H22ClN3O2S/c1-16-19(9-6-10-20(16)27)22-12-13-23(32-22)25-24(21-11-3-4-14-28-21)29-26(33)30(25)17-7-5-8-18(15-17)31-2/h3-15,24-25H,1-2H3,(H,29,33). The average Bonchev–Trinajstić information content (AvgIpc) is 3.46. The number of rotatable bonds is 5. The molecule has 0 radical (unpaired) electrons. The maximum absolute atomic E-state index is 6.44. The Balaban J connectivity index is 1.62. The first-order valence-corrected chi connectivity index (χ1v) is 11.4. The predicted octanol–water partition coefficient (Wildman–Crippen LogP) is 6.49. The second kappa shape index (κ2) is 8.89. The highest BCUT2D eigenvalue weighted by atomic mass is 35.5. The van der Waals surface area contributed by atoms with Crippen LogP contribution in [0.15, 0.2) is 83.4 Å². The molecule has 0 bridgehead atoms. The fourth-order valence-electron chi connectivity index (χ4n) is 4.21. The molecule has 1 aliphatic rings. The summed E-state index contributed by atoms with van der Waals surface area (Å²) in [6.45, 7) is 1.99. The van der Waals surface area contributed by atoms with Crippen molar-refractivity contribution in [2.24, 2.45) is 0 Å². The number of furan rings is 1. The summed E-state index contributed by atoms with van der Waals surface area (Å²) < 4.78 is 11.9. The van der Waals surface area contributed by atoms with Gasteiger partial charge in [-0.2, -0.15) is 0 Å². The van der Waals surface area contributed by atoms with Crippen molar-refractivity contribution in [1.82, 2.24) is 10.3 Å². The maximum atomic E-state index is 6.44. The van der Waals surface area contributed by atoms with Crippen LogP contribution in [0.4, 0.5) is 5.69 Å². The third kappa shape index (κ3) is 3.96. The molecule has 2 aromatic carbocycles. The van der Waals surface area contributed by atoms with Gasteiger partial charge >= 0.3 is 0 Å². The summed E-state index contributed by atoms with van der Waals surface area (Å²) in [6, 6.07) is 23.1. The summed E-state index contributed by atoms with van der Waals surface area (Å²) in [6.07, 6.45) is 1.79. The number of anilines is 1. The van der Waals surface area contributed by atoms with E-state index in [1.54, 1.807) is 13.3 Å². The molecule has 2 atom stereocenters. The highest BCUT2D eigenvalue weighted by Gasteiger charge is 2.42. The maximum Gasteiger partial charge on any atom is 0.174 e. The van der Waals surface area contributed by atoms with E-state index in [2.05, 4.69) is 15.2 Å². The molecule has 1 N–H and O–H groups in total. The van der Waals surface area contributed by atoms with Gasteiger partial charge in [-0.05, 0) is 67.2 Å². The lowest BCUT2D eigenvalue weighted by molar-refractivity contribution is 0.414. The molecule has 7 heteroatoms. The molecule has 0 saturated carbocycles. The molecule has 3 heterocycles. The molecule has 1 aliphatic heterocycles. The molecule has 166 valence electrons. The first kappa shape index (κ1) is 21.5. The second-order valence-corrected chi connectivity index (χ2v) is 8.61. The number of nitrogens with zero attached hydrogens (tertiary/aromatic N) is 2. The molecule has 2 aromatic heterocycles. The van der Waals surface area contributed by atoms with Crippen molar-refractivity contribution in [2.75, 3.05) is 12.0 Å². The van der Waals surface area contributed by atoms with Gasteiger partial charge in [0.1, 0.15) is 23.3 Å². The van der Waals surface area contributed by atoms with Crippen molar-refractivity contribution in [2.45, 2.75) is 19.0 Å². The molecule has 2 unspecified atom stereocenters. The van der Waals surface area contributed by atoms with E-state index in [-0.39, 0.29) is 12.1 Å². The van der Waals surface area contributed by atoms with E-state index in [0.29, 0.717) is 10.1 Å². The molecule has 1 saturated heterocycles. The summed E-state index contributed by atoms with van der Waals surface area (Å²) in [7, 11) is 1.65. The van der Waals surface area contributed by atoms with E-state index in [4.69, 9.17) is 33.0 Å². The van der Waals surface area contributed by atoms with Crippen LogP contribution in [0.25, 0.3) is 11.3 Å². The first-order valence-electron chi connectivity index (χ1n) is 10.6. The lowest BCUT2D eigenvalue weighted by Crippen LogP contribution is -2.29. The third-order valence-electron chi connectivity index (χ3n) is 5.88. The lowest BCUT2D eigenvalue weighted by Gasteiger charge is -2.26. The number of hydrogen-bond donors (Lipinski definition) is 1. The molecule has 0 amide bonds. The van der Waals surface area contributed by atoms with Crippen molar-refractivity contribution in [3.8, 4) is 17.1 Å². The SMILES string of the molecule is COc1cccc(N2C(=S)NC(c3ccccn3)C2c2ccc(-c3cccc(Cl)c3C)o2)c1. The molecule has 5 nitrogen and oxygen atoms in total. The highest BCUT2D eigenvalue weighted by molar-refractivity contribution is 7.80. The van der Waals surface area contributed by atoms with Crippen LogP contribution in [0.2, 0.25) is 5.02 Å². The minimum atomic E-state index is -0.243. The molecular formula is C26H22ClN3O2S. The molecule has 33 heavy (non-hydrogen) atoms. The van der Waals surface area contributed by atoms with Gasteiger partial charge in [0.2, 0.25) is 0 Å². The van der Waals surface area contributed by atoms with Crippen LogP contribution < -0.4 is 15.0 Å². The zero-order valence-corrected chi connectivity index (χ0v) is 19.7. The van der Waals surface area contributed by atoms with E-state index >= 15 is 0 Å². The topological polar surface area (TPSA) is 50.5 Å². The molecule has 0 spiro atoms. The Kier molecular flexibility index (Phi) is 5.79. The number of pyridine rings is 1. The van der Waals surface area contributed by atoms with Gasteiger partial charge in [0.25, 0.3) is 0 Å². The van der Waals surface area contributed by atoms with Crippen molar-refractivity contribution in [3.05, 3.63) is 101 Å². The van der Waals surface area contributed by atoms with Gasteiger partial charge in [0.15, 0.2) is 5.11 Å². The zero-order valence-electron chi connectivity index (χ0n) is 18.2. The van der Waals surface area contributed by atoms with Gasteiger partial charge in [0.05, 0.1) is 18.8 Å². The third-order valence-corrected chi connectivity index (χ3v) is 6.61. The number of methoxy groups -OCH3 is 1. The number of nitrogens with one attached hydrogen (secondary N) is 1. The van der Waals surface area contributed by atoms with Crippen LogP contribution in [0.5, 0.6) is 5.75 Å². The fraction of sp³-hybridized carbons (Fsp3) is 0.154. The van der Waals surface area contributed by atoms with Gasteiger partial charge in [-0.1, -0.05) is 35.9 Å². The van der Waals surface area contributed by atoms with E-state index in [1.165, 1.54) is 0 Å². The summed E-state index contributed by atoms with van der Waals surface area (Å²) in [5.74, 6) is 2.29. The molecular weight excluding hydrogens is 454 g/mol. The van der Waals surface area contributed by atoms with Crippen LogP contribution in [-0.4, -0.2) is 17.2 Å². The highest BCUT2D eigenvalue weighted by Crippen LogP contribution is 2.43. The second-order valence-electron chi connectivity index (χ2n) is 7.81. The van der Waals surface area contributed by atoms with Crippen LogP contribution in [0.1, 0.15) is 29.1 Å². The Labute approximate surface area is 203 Å². The van der Waals surface area contributed by atoms with Crippen molar-refractivity contribution < 1.29 is 9.15 Å². The van der Waals surface area contributed by atoms with Crippen LogP contribution in [-0.2, 0) is 0 Å². The summed E-state index contributed by atoms with van der Waals surface area (Å²) in [5, 5.41) is 4.75. The Morgan fingerprint density at radius 2 is 1.91 bits per heavy atom. The minimum Gasteiger partial charge on any atom is -0.497 e. The normalized spacial score (nSPS) is 17.8. The quantitative estimate of drug-likeness (QED) is 0.333. The van der Waals surface area contributed by atoms with E-state index in [0.717, 1.165) is 39.8 Å². The van der Waals surface area contributed by atoms with Crippen LogP contribution >= 0.6 is 23.8 Å². The van der Waals surface area contributed by atoms with Crippen molar-refractivity contribution in [3.63, 3.8) is 0 Å². The largest absolute Gasteiger partial charge is 0.497 e. The number of aromatic nitrogens is 1. The van der Waals surface area contributed by atoms with E-state index in [9.17, 15) is 0 Å². The number of halogens is 1. The van der Waals surface area contributed by atoms with Crippen LogP contribution in [0.3, 0.4) is 0 Å². The number of ether oxygens (including phenoxy) is 1. The fourth-order valence-corrected chi connectivity index (χ4v) is 4.73. The van der Waals surface area contributed by atoms with Gasteiger partial charge in [-0.3, -0.25) is 4.98 Å². The summed E-state index contributed by atoms with van der Waals surface area (Å²) in [5.41, 5.74) is 3.73. The summed E-state index contributed by atoms with van der Waals surface area (Å²) >= 11 is 12.1. The Bertz CT molecular complexity index is 1310. The number of hydrogen-bond acceptors (Lipinski definition) is 4. The van der Waals surface area contributed by atoms with E-state index in [1.807, 2.05) is 79.7 Å². The minimum absolute atomic E-state index is 0.190. The monoisotopic (exact) mass is 475 g/mol. The summed E-state index contributed by atoms with van der Waals surface area (Å²) in [4.78, 5) is 6.65. The Morgan fingerprint density at radius 1 is 1.06 bits per heavy atom. The van der Waals surface area contributed by atoms with Crippen LogP contribution in [0, 0.1) is 6.92 Å². The van der Waals surface area contributed by atoms with Gasteiger partial charge in [-0.15, -0.1) is 0 Å². The Hall–Kier alpha value is -3.35. The molecule has 5 rings (SSSR count). The van der Waals surface area contributed by atoms with Gasteiger partial charge in [-0.25, -0.2) is 0 Å². The van der Waals surface area contributed by atoms with Gasteiger partial charge in [0, 0.05) is 28.5 Å². The lowest BCUT2D eigenvalue weighted by atomic mass is 10.0. The number of thiocarbonyl (C=S) groups is 1. The smallest absolute Gasteiger partial charge is 0.174 e. The predicted molar refractivity (Wildman–Crippen MR) is 135 cm³/mol. The van der Waals surface area contributed by atoms with E-state index < -0.39 is 0 Å². The first-order chi connectivity index (χ1) is 16.1. The van der Waals surface area contributed by atoms with Gasteiger partial charge < -0.3 is 19.4 Å². The van der Waals surface area contributed by atoms with Crippen molar-refractivity contribution >= 4 is 34.6 Å². The zero-order chi connectivity index (χ0) is 22.9.